The van der Waals surface area contributed by atoms with Gasteiger partial charge in [0.1, 0.15) is 0 Å². The summed E-state index contributed by atoms with van der Waals surface area (Å²) in [5.74, 6) is 1.15. The minimum absolute atomic E-state index is 0.0104. The summed E-state index contributed by atoms with van der Waals surface area (Å²) in [5, 5.41) is 8.88. The van der Waals surface area contributed by atoms with Crippen molar-refractivity contribution in [2.24, 2.45) is 5.92 Å². The molecule has 0 spiro atoms. The summed E-state index contributed by atoms with van der Waals surface area (Å²) in [6, 6.07) is 3.66. The number of morpholine rings is 1. The molecule has 26 heavy (non-hydrogen) atoms. The molecule has 1 aliphatic rings. The van der Waals surface area contributed by atoms with Gasteiger partial charge in [0, 0.05) is 13.1 Å². The Morgan fingerprint density at radius 3 is 2.73 bits per heavy atom. The zero-order valence-corrected chi connectivity index (χ0v) is 16.5. The van der Waals surface area contributed by atoms with Crippen LogP contribution in [0.25, 0.3) is 10.8 Å². The topological polar surface area (TPSA) is 80.5 Å². The Kier molecular flexibility index (Phi) is 6.05. The van der Waals surface area contributed by atoms with Crippen molar-refractivity contribution < 1.29 is 14.1 Å². The Bertz CT molecular complexity index is 706. The quantitative estimate of drug-likeness (QED) is 0.832. The minimum atomic E-state index is -0.201. The number of carbonyl (C=O) groups is 1. The van der Waals surface area contributed by atoms with Crippen LogP contribution in [0.1, 0.15) is 33.5 Å². The van der Waals surface area contributed by atoms with E-state index in [9.17, 15) is 4.79 Å². The van der Waals surface area contributed by atoms with Gasteiger partial charge in [0.05, 0.1) is 29.7 Å². The normalized spacial score (nSPS) is 22.5. The van der Waals surface area contributed by atoms with Crippen LogP contribution in [0.2, 0.25) is 0 Å². The van der Waals surface area contributed by atoms with Crippen LogP contribution < -0.4 is 5.32 Å². The van der Waals surface area contributed by atoms with E-state index in [-0.39, 0.29) is 36.6 Å². The average Bonchev–Trinajstić information content (AvgIpc) is 3.23. The van der Waals surface area contributed by atoms with Crippen LogP contribution in [0.15, 0.2) is 22.0 Å². The lowest BCUT2D eigenvalue weighted by Crippen LogP contribution is -2.56. The van der Waals surface area contributed by atoms with Crippen LogP contribution in [-0.2, 0) is 16.1 Å². The van der Waals surface area contributed by atoms with Crippen molar-refractivity contribution in [3.05, 3.63) is 23.3 Å². The summed E-state index contributed by atoms with van der Waals surface area (Å²) in [6.07, 6.45) is 0.247. The van der Waals surface area contributed by atoms with Gasteiger partial charge in [0.25, 0.3) is 5.89 Å². The average molecular weight is 378 g/mol. The lowest BCUT2D eigenvalue weighted by molar-refractivity contribution is -0.135. The lowest BCUT2D eigenvalue weighted by Gasteiger charge is -2.40. The van der Waals surface area contributed by atoms with E-state index >= 15 is 0 Å². The third-order valence-corrected chi connectivity index (χ3v) is 5.22. The molecule has 1 saturated heterocycles. The minimum Gasteiger partial charge on any atom is -0.373 e. The van der Waals surface area contributed by atoms with E-state index in [0.717, 1.165) is 18.0 Å². The third-order valence-electron chi connectivity index (χ3n) is 4.36. The second-order valence-electron chi connectivity index (χ2n) is 7.11. The molecule has 8 heteroatoms. The van der Waals surface area contributed by atoms with Gasteiger partial charge in [-0.2, -0.15) is 4.98 Å². The zero-order valence-electron chi connectivity index (χ0n) is 15.6. The molecule has 3 heterocycles. The molecule has 0 bridgehead atoms. The van der Waals surface area contributed by atoms with Gasteiger partial charge in [-0.1, -0.05) is 25.1 Å². The van der Waals surface area contributed by atoms with Gasteiger partial charge >= 0.3 is 0 Å². The molecule has 0 radical (unpaired) electrons. The molecule has 2 aromatic heterocycles. The number of amides is 1. The molecule has 1 fully saturated rings. The summed E-state index contributed by atoms with van der Waals surface area (Å²) in [6.45, 7) is 9.99. The fraction of sp³-hybridized carbons (Fsp3) is 0.611. The van der Waals surface area contributed by atoms with Crippen LogP contribution >= 0.6 is 11.3 Å². The Hall–Kier alpha value is -1.77. The van der Waals surface area contributed by atoms with E-state index in [2.05, 4.69) is 34.2 Å². The first-order valence-corrected chi connectivity index (χ1v) is 9.85. The summed E-state index contributed by atoms with van der Waals surface area (Å²) < 4.78 is 11.1. The first-order valence-electron chi connectivity index (χ1n) is 8.97. The van der Waals surface area contributed by atoms with Crippen LogP contribution in [0.4, 0.5) is 0 Å². The van der Waals surface area contributed by atoms with E-state index in [1.165, 1.54) is 11.3 Å². The van der Waals surface area contributed by atoms with Gasteiger partial charge in [-0.3, -0.25) is 9.69 Å². The number of hydrogen-bond acceptors (Lipinski definition) is 7. The summed E-state index contributed by atoms with van der Waals surface area (Å²) in [4.78, 5) is 20.3. The number of ether oxygens (including phenoxy) is 1. The SMILES string of the molecule is CC(C)[C@@H](C(=O)NCc1noc(-c2cccs2)n1)N1C[C@@H](C)O[C@@H](C)C1. The van der Waals surface area contributed by atoms with Crippen LogP contribution in [0.3, 0.4) is 0 Å². The summed E-state index contributed by atoms with van der Waals surface area (Å²) >= 11 is 1.54. The summed E-state index contributed by atoms with van der Waals surface area (Å²) in [5.41, 5.74) is 0. The van der Waals surface area contributed by atoms with Crippen molar-refractivity contribution in [3.63, 3.8) is 0 Å². The molecule has 1 amide bonds. The number of nitrogens with one attached hydrogen (secondary N) is 1. The number of hydrogen-bond donors (Lipinski definition) is 1. The highest BCUT2D eigenvalue weighted by Gasteiger charge is 2.34. The third kappa shape index (κ3) is 4.49. The zero-order chi connectivity index (χ0) is 18.7. The molecule has 2 aromatic rings. The second-order valence-corrected chi connectivity index (χ2v) is 8.06. The Labute approximate surface area is 157 Å². The van der Waals surface area contributed by atoms with E-state index in [1.54, 1.807) is 0 Å². The van der Waals surface area contributed by atoms with Crippen LogP contribution in [0.5, 0.6) is 0 Å². The molecule has 1 N–H and O–H groups in total. The van der Waals surface area contributed by atoms with Crippen molar-refractivity contribution >= 4 is 17.2 Å². The highest BCUT2D eigenvalue weighted by atomic mass is 32.1. The van der Waals surface area contributed by atoms with Crippen molar-refractivity contribution in [1.29, 1.82) is 0 Å². The van der Waals surface area contributed by atoms with Crippen molar-refractivity contribution in [3.8, 4) is 10.8 Å². The molecule has 0 aromatic carbocycles. The van der Waals surface area contributed by atoms with Crippen molar-refractivity contribution in [2.45, 2.75) is 52.5 Å². The van der Waals surface area contributed by atoms with E-state index in [1.807, 2.05) is 31.4 Å². The Morgan fingerprint density at radius 2 is 2.12 bits per heavy atom. The van der Waals surface area contributed by atoms with Gasteiger partial charge in [0.2, 0.25) is 5.91 Å². The maximum atomic E-state index is 12.8. The largest absolute Gasteiger partial charge is 0.373 e. The molecule has 0 unspecified atom stereocenters. The van der Waals surface area contributed by atoms with Gasteiger partial charge in [0.15, 0.2) is 5.82 Å². The number of aromatic nitrogens is 2. The molecule has 142 valence electrons. The molecule has 3 rings (SSSR count). The van der Waals surface area contributed by atoms with E-state index in [0.29, 0.717) is 11.7 Å². The molecular formula is C18H26N4O3S. The Balaban J connectivity index is 1.61. The Morgan fingerprint density at radius 1 is 1.38 bits per heavy atom. The number of thiophene rings is 1. The monoisotopic (exact) mass is 378 g/mol. The van der Waals surface area contributed by atoms with Crippen molar-refractivity contribution in [1.82, 2.24) is 20.4 Å². The number of rotatable bonds is 6. The maximum Gasteiger partial charge on any atom is 0.268 e. The molecule has 7 nitrogen and oxygen atoms in total. The fourth-order valence-electron chi connectivity index (χ4n) is 3.43. The van der Waals surface area contributed by atoms with Crippen LogP contribution in [0, 0.1) is 5.92 Å². The van der Waals surface area contributed by atoms with E-state index in [4.69, 9.17) is 9.26 Å². The van der Waals surface area contributed by atoms with Crippen LogP contribution in [-0.4, -0.2) is 52.3 Å². The number of nitrogens with zero attached hydrogens (tertiary/aromatic N) is 3. The smallest absolute Gasteiger partial charge is 0.268 e. The van der Waals surface area contributed by atoms with E-state index < -0.39 is 0 Å². The summed E-state index contributed by atoms with van der Waals surface area (Å²) in [7, 11) is 0. The van der Waals surface area contributed by atoms with Gasteiger partial charge in [-0.15, -0.1) is 11.3 Å². The fourth-order valence-corrected chi connectivity index (χ4v) is 4.08. The predicted octanol–water partition coefficient (Wildman–Crippen LogP) is 2.55. The molecule has 0 aliphatic carbocycles. The second kappa shape index (κ2) is 8.28. The number of carbonyl (C=O) groups excluding carboxylic acids is 1. The van der Waals surface area contributed by atoms with Gasteiger partial charge < -0.3 is 14.6 Å². The first kappa shape index (κ1) is 19.0. The standard InChI is InChI=1S/C18H26N4O3S/c1-11(2)16(22-9-12(3)24-13(4)10-22)17(23)19-8-15-20-18(25-21-15)14-6-5-7-26-14/h5-7,11-13,16H,8-10H2,1-4H3,(H,19,23)/t12-,13+,16-/m0/s1. The highest BCUT2D eigenvalue weighted by molar-refractivity contribution is 7.13. The predicted molar refractivity (Wildman–Crippen MR) is 99.7 cm³/mol. The molecular weight excluding hydrogens is 352 g/mol. The van der Waals surface area contributed by atoms with Gasteiger partial charge in [-0.05, 0) is 31.2 Å². The lowest BCUT2D eigenvalue weighted by atomic mass is 9.99. The highest BCUT2D eigenvalue weighted by Crippen LogP contribution is 2.22. The molecule has 1 aliphatic heterocycles. The maximum absolute atomic E-state index is 12.8. The molecule has 0 saturated carbocycles. The molecule has 3 atom stereocenters. The van der Waals surface area contributed by atoms with Crippen molar-refractivity contribution in [2.75, 3.05) is 13.1 Å². The first-order chi connectivity index (χ1) is 12.4. The van der Waals surface area contributed by atoms with Gasteiger partial charge in [-0.25, -0.2) is 0 Å².